The van der Waals surface area contributed by atoms with Crippen LogP contribution in [-0.4, -0.2) is 57.1 Å². The first-order chi connectivity index (χ1) is 12.6. The van der Waals surface area contributed by atoms with Crippen LogP contribution < -0.4 is 5.56 Å². The van der Waals surface area contributed by atoms with E-state index >= 15 is 0 Å². The number of carbonyl (C=O) groups is 1. The molecule has 8 heteroatoms. The van der Waals surface area contributed by atoms with E-state index in [2.05, 4.69) is 15.3 Å². The number of rotatable bonds is 3. The van der Waals surface area contributed by atoms with Gasteiger partial charge in [0.15, 0.2) is 0 Å². The molecule has 1 amide bonds. The number of hydrogen-bond acceptors (Lipinski definition) is 5. The second-order valence-electron chi connectivity index (χ2n) is 6.50. The molecule has 0 spiro atoms. The molecule has 8 nitrogen and oxygen atoms in total. The second-order valence-corrected chi connectivity index (χ2v) is 6.50. The molecule has 1 aromatic carbocycles. The Morgan fingerprint density at radius 3 is 2.85 bits per heavy atom. The second kappa shape index (κ2) is 6.38. The molecule has 1 aliphatic heterocycles. The maximum absolute atomic E-state index is 13.1. The number of pyridine rings is 1. The van der Waals surface area contributed by atoms with Crippen LogP contribution in [0, 0.1) is 0 Å². The topological polar surface area (TPSA) is 93.1 Å². The number of benzene rings is 1. The van der Waals surface area contributed by atoms with Crippen LogP contribution in [0.25, 0.3) is 10.9 Å². The van der Waals surface area contributed by atoms with Crippen molar-refractivity contribution >= 4 is 16.8 Å². The standard InChI is InChI=1S/C18H19N5O3/c1-22-9-15(20-21-22)13-8-23(10-16(13)26-2)18(25)12-7-17(24)19-14-6-4-3-5-11(12)14/h3-7,9,13,16H,8,10H2,1-2H3,(H,19,24)/t13-,16+/m0/s1. The van der Waals surface area contributed by atoms with Gasteiger partial charge in [0.05, 0.1) is 23.3 Å². The molecule has 2 aromatic heterocycles. The Bertz CT molecular complexity index is 1020. The average molecular weight is 353 g/mol. The molecule has 3 heterocycles. The first-order valence-corrected chi connectivity index (χ1v) is 8.37. The van der Waals surface area contributed by atoms with Gasteiger partial charge in [0, 0.05) is 50.4 Å². The molecule has 1 fully saturated rings. The lowest BCUT2D eigenvalue weighted by Crippen LogP contribution is -2.31. The number of carbonyl (C=O) groups excluding carboxylic acids is 1. The molecule has 1 saturated heterocycles. The van der Waals surface area contributed by atoms with Crippen LogP contribution >= 0.6 is 0 Å². The number of aryl methyl sites for hydroxylation is 1. The first kappa shape index (κ1) is 16.5. The van der Waals surface area contributed by atoms with Gasteiger partial charge in [-0.05, 0) is 6.07 Å². The van der Waals surface area contributed by atoms with Gasteiger partial charge in [-0.3, -0.25) is 14.3 Å². The van der Waals surface area contributed by atoms with Crippen molar-refractivity contribution in [1.82, 2.24) is 24.9 Å². The third-order valence-corrected chi connectivity index (χ3v) is 4.84. The first-order valence-electron chi connectivity index (χ1n) is 8.37. The van der Waals surface area contributed by atoms with Crippen LogP contribution in [-0.2, 0) is 11.8 Å². The molecule has 0 unspecified atom stereocenters. The molecule has 0 radical (unpaired) electrons. The van der Waals surface area contributed by atoms with Crippen LogP contribution in [0.5, 0.6) is 0 Å². The quantitative estimate of drug-likeness (QED) is 0.755. The summed E-state index contributed by atoms with van der Waals surface area (Å²) in [6, 6.07) is 8.66. The van der Waals surface area contributed by atoms with Crippen molar-refractivity contribution in [2.24, 2.45) is 7.05 Å². The predicted octanol–water partition coefficient (Wildman–Crippen LogP) is 0.911. The molecule has 1 N–H and O–H groups in total. The lowest BCUT2D eigenvalue weighted by molar-refractivity contribution is 0.0715. The molecule has 4 rings (SSSR count). The summed E-state index contributed by atoms with van der Waals surface area (Å²) in [6.45, 7) is 0.912. The number of nitrogens with zero attached hydrogens (tertiary/aromatic N) is 4. The van der Waals surface area contributed by atoms with Crippen LogP contribution in [0.1, 0.15) is 22.0 Å². The molecular formula is C18H19N5O3. The van der Waals surface area contributed by atoms with Gasteiger partial charge in [0.1, 0.15) is 0 Å². The Kier molecular flexibility index (Phi) is 4.04. The van der Waals surface area contributed by atoms with Crippen molar-refractivity contribution in [3.8, 4) is 0 Å². The van der Waals surface area contributed by atoms with Gasteiger partial charge in [0.2, 0.25) is 5.56 Å². The van der Waals surface area contributed by atoms with Crippen molar-refractivity contribution in [3.63, 3.8) is 0 Å². The monoisotopic (exact) mass is 353 g/mol. The Morgan fingerprint density at radius 1 is 1.31 bits per heavy atom. The fourth-order valence-corrected chi connectivity index (χ4v) is 3.55. The molecule has 0 saturated carbocycles. The fraction of sp³-hybridized carbons (Fsp3) is 0.333. The Morgan fingerprint density at radius 2 is 2.12 bits per heavy atom. The van der Waals surface area contributed by atoms with E-state index in [9.17, 15) is 9.59 Å². The number of aromatic amines is 1. The summed E-state index contributed by atoms with van der Waals surface area (Å²) in [5.41, 5.74) is 1.56. The number of amides is 1. The van der Waals surface area contributed by atoms with Crippen molar-refractivity contribution in [2.75, 3.05) is 20.2 Å². The van der Waals surface area contributed by atoms with E-state index in [1.54, 1.807) is 29.8 Å². The lowest BCUT2D eigenvalue weighted by Gasteiger charge is -2.17. The highest BCUT2D eigenvalue weighted by Gasteiger charge is 2.38. The largest absolute Gasteiger partial charge is 0.379 e. The van der Waals surface area contributed by atoms with E-state index in [0.717, 1.165) is 11.1 Å². The van der Waals surface area contributed by atoms with Gasteiger partial charge in [0.25, 0.3) is 5.91 Å². The summed E-state index contributed by atoms with van der Waals surface area (Å²) in [4.78, 5) is 29.6. The van der Waals surface area contributed by atoms with E-state index in [1.165, 1.54) is 6.07 Å². The fourth-order valence-electron chi connectivity index (χ4n) is 3.55. The number of aromatic nitrogens is 4. The third kappa shape index (κ3) is 2.78. The minimum absolute atomic E-state index is 0.0501. The predicted molar refractivity (Wildman–Crippen MR) is 95.0 cm³/mol. The highest BCUT2D eigenvalue weighted by atomic mass is 16.5. The molecule has 2 atom stereocenters. The summed E-state index contributed by atoms with van der Waals surface area (Å²) in [6.07, 6.45) is 1.68. The zero-order valence-corrected chi connectivity index (χ0v) is 14.5. The number of ether oxygens (including phenoxy) is 1. The highest BCUT2D eigenvalue weighted by molar-refractivity contribution is 6.06. The van der Waals surface area contributed by atoms with Crippen LogP contribution in [0.4, 0.5) is 0 Å². The number of para-hydroxylation sites is 1. The van der Waals surface area contributed by atoms with Crippen LogP contribution in [0.15, 0.2) is 41.3 Å². The Balaban J connectivity index is 1.68. The number of nitrogens with one attached hydrogen (secondary N) is 1. The summed E-state index contributed by atoms with van der Waals surface area (Å²) >= 11 is 0. The van der Waals surface area contributed by atoms with Crippen molar-refractivity contribution < 1.29 is 9.53 Å². The molecule has 0 aliphatic carbocycles. The van der Waals surface area contributed by atoms with Gasteiger partial charge in [-0.15, -0.1) is 5.10 Å². The van der Waals surface area contributed by atoms with Crippen LogP contribution in [0.3, 0.4) is 0 Å². The number of likely N-dealkylation sites (tertiary alicyclic amines) is 1. The van der Waals surface area contributed by atoms with Gasteiger partial charge >= 0.3 is 0 Å². The molecule has 0 bridgehead atoms. The molecule has 134 valence electrons. The van der Waals surface area contributed by atoms with Gasteiger partial charge in [-0.1, -0.05) is 23.4 Å². The maximum Gasteiger partial charge on any atom is 0.254 e. The van der Waals surface area contributed by atoms with E-state index < -0.39 is 0 Å². The number of H-pyrrole nitrogens is 1. The summed E-state index contributed by atoms with van der Waals surface area (Å²) in [5.74, 6) is -0.230. The molecule has 3 aromatic rings. The average Bonchev–Trinajstić information content (AvgIpc) is 3.26. The smallest absolute Gasteiger partial charge is 0.254 e. The Hall–Kier alpha value is -3.00. The number of fused-ring (bicyclic) bond motifs is 1. The zero-order valence-electron chi connectivity index (χ0n) is 14.5. The van der Waals surface area contributed by atoms with Gasteiger partial charge in [-0.2, -0.15) is 0 Å². The third-order valence-electron chi connectivity index (χ3n) is 4.84. The molecule has 26 heavy (non-hydrogen) atoms. The van der Waals surface area contributed by atoms with Gasteiger partial charge < -0.3 is 14.6 Å². The van der Waals surface area contributed by atoms with Gasteiger partial charge in [-0.25, -0.2) is 0 Å². The highest BCUT2D eigenvalue weighted by Crippen LogP contribution is 2.29. The minimum atomic E-state index is -0.292. The lowest BCUT2D eigenvalue weighted by atomic mass is 10.0. The number of methoxy groups -OCH3 is 1. The minimum Gasteiger partial charge on any atom is -0.379 e. The summed E-state index contributed by atoms with van der Waals surface area (Å²) < 4.78 is 7.21. The van der Waals surface area contributed by atoms with Crippen molar-refractivity contribution in [1.29, 1.82) is 0 Å². The summed E-state index contributed by atoms with van der Waals surface area (Å²) in [7, 11) is 3.43. The normalized spacial score (nSPS) is 20.0. The van der Waals surface area contributed by atoms with Crippen LogP contribution in [0.2, 0.25) is 0 Å². The molecule has 1 aliphatic rings. The number of hydrogen-bond donors (Lipinski definition) is 1. The maximum atomic E-state index is 13.1. The van der Waals surface area contributed by atoms with E-state index in [-0.39, 0.29) is 23.5 Å². The molecular weight excluding hydrogens is 334 g/mol. The van der Waals surface area contributed by atoms with Crippen molar-refractivity contribution in [3.05, 3.63) is 58.1 Å². The van der Waals surface area contributed by atoms with E-state index in [1.807, 2.05) is 24.4 Å². The van der Waals surface area contributed by atoms with E-state index in [0.29, 0.717) is 24.2 Å². The van der Waals surface area contributed by atoms with Crippen molar-refractivity contribution in [2.45, 2.75) is 12.0 Å². The zero-order chi connectivity index (χ0) is 18.3. The van der Waals surface area contributed by atoms with E-state index in [4.69, 9.17) is 4.74 Å². The SMILES string of the molecule is CO[C@@H]1CN(C(=O)c2cc(=O)[nH]c3ccccc23)C[C@H]1c1cn(C)nn1. The Labute approximate surface area is 149 Å². The summed E-state index contributed by atoms with van der Waals surface area (Å²) in [5, 5.41) is 8.87.